The maximum atomic E-state index is 12.7. The maximum Gasteiger partial charge on any atom is 0.253 e. The molecular weight excluding hydrogens is 334 g/mol. The Labute approximate surface area is 154 Å². The van der Waals surface area contributed by atoms with E-state index in [1.165, 1.54) is 6.92 Å². The number of hydrogen-bond donors (Lipinski definition) is 2. The summed E-state index contributed by atoms with van der Waals surface area (Å²) in [5.41, 5.74) is 1.21. The molecule has 7 nitrogen and oxygen atoms in total. The molecule has 2 rings (SSSR count). The number of nitrogens with zero attached hydrogens (tertiary/aromatic N) is 1. The largest absolute Gasteiger partial charge is 0.385 e. The Morgan fingerprint density at radius 1 is 1.23 bits per heavy atom. The molecule has 26 heavy (non-hydrogen) atoms. The van der Waals surface area contributed by atoms with E-state index >= 15 is 0 Å². The third-order valence-electron chi connectivity index (χ3n) is 4.36. The van der Waals surface area contributed by atoms with E-state index in [2.05, 4.69) is 10.6 Å². The first-order valence-electron chi connectivity index (χ1n) is 8.95. The molecule has 142 valence electrons. The Hall–Kier alpha value is -2.41. The molecule has 1 aliphatic rings. The van der Waals surface area contributed by atoms with E-state index in [0.29, 0.717) is 37.5 Å². The summed E-state index contributed by atoms with van der Waals surface area (Å²) in [4.78, 5) is 37.8. The Kier molecular flexibility index (Phi) is 7.59. The molecule has 0 saturated carbocycles. The molecule has 3 amide bonds. The highest BCUT2D eigenvalue weighted by molar-refractivity contribution is 5.96. The molecule has 0 aromatic heterocycles. The van der Waals surface area contributed by atoms with Crippen LogP contribution in [0.2, 0.25) is 0 Å². The van der Waals surface area contributed by atoms with Gasteiger partial charge in [-0.2, -0.15) is 0 Å². The molecule has 1 saturated heterocycles. The van der Waals surface area contributed by atoms with Crippen LogP contribution in [0.4, 0.5) is 5.69 Å². The number of hydrogen-bond acceptors (Lipinski definition) is 4. The molecule has 0 radical (unpaired) electrons. The van der Waals surface area contributed by atoms with E-state index in [1.807, 2.05) is 0 Å². The molecule has 1 heterocycles. The van der Waals surface area contributed by atoms with Gasteiger partial charge >= 0.3 is 0 Å². The van der Waals surface area contributed by atoms with Gasteiger partial charge in [0.2, 0.25) is 11.8 Å². The molecule has 7 heteroatoms. The smallest absolute Gasteiger partial charge is 0.253 e. The fourth-order valence-electron chi connectivity index (χ4n) is 3.03. The van der Waals surface area contributed by atoms with Gasteiger partial charge in [-0.1, -0.05) is 0 Å². The fraction of sp³-hybridized carbons (Fsp3) is 0.526. The van der Waals surface area contributed by atoms with Gasteiger partial charge in [-0.25, -0.2) is 0 Å². The van der Waals surface area contributed by atoms with Crippen molar-refractivity contribution in [3.8, 4) is 0 Å². The summed E-state index contributed by atoms with van der Waals surface area (Å²) in [5.74, 6) is -0.413. The van der Waals surface area contributed by atoms with Crippen LogP contribution in [0.15, 0.2) is 24.3 Å². The third kappa shape index (κ3) is 5.84. The molecule has 0 spiro atoms. The molecule has 0 bridgehead atoms. The van der Waals surface area contributed by atoms with E-state index in [-0.39, 0.29) is 23.6 Å². The van der Waals surface area contributed by atoms with Gasteiger partial charge < -0.3 is 20.3 Å². The maximum absolute atomic E-state index is 12.7. The quantitative estimate of drug-likeness (QED) is 0.723. The lowest BCUT2D eigenvalue weighted by Crippen LogP contribution is -2.45. The predicted octanol–water partition coefficient (Wildman–Crippen LogP) is 1.65. The lowest BCUT2D eigenvalue weighted by Gasteiger charge is -2.32. The first-order valence-corrected chi connectivity index (χ1v) is 8.95. The van der Waals surface area contributed by atoms with Crippen molar-refractivity contribution in [3.05, 3.63) is 29.8 Å². The normalized spacial score (nSPS) is 16.8. The van der Waals surface area contributed by atoms with E-state index in [4.69, 9.17) is 4.74 Å². The van der Waals surface area contributed by atoms with Gasteiger partial charge in [0, 0.05) is 51.5 Å². The van der Waals surface area contributed by atoms with Crippen LogP contribution in [0.5, 0.6) is 0 Å². The number of carbonyl (C=O) groups is 3. The van der Waals surface area contributed by atoms with E-state index in [0.717, 1.165) is 19.3 Å². The van der Waals surface area contributed by atoms with Crippen molar-refractivity contribution < 1.29 is 19.1 Å². The minimum Gasteiger partial charge on any atom is -0.385 e. The Morgan fingerprint density at radius 2 is 1.96 bits per heavy atom. The van der Waals surface area contributed by atoms with Gasteiger partial charge in [-0.05, 0) is 43.5 Å². The van der Waals surface area contributed by atoms with Gasteiger partial charge in [-0.15, -0.1) is 0 Å². The van der Waals surface area contributed by atoms with E-state index in [1.54, 1.807) is 36.3 Å². The number of likely N-dealkylation sites (tertiary alicyclic amines) is 1. The number of ether oxygens (including phenoxy) is 1. The summed E-state index contributed by atoms with van der Waals surface area (Å²) in [6, 6.07) is 6.81. The second-order valence-electron chi connectivity index (χ2n) is 6.49. The third-order valence-corrected chi connectivity index (χ3v) is 4.36. The zero-order valence-electron chi connectivity index (χ0n) is 15.4. The van der Waals surface area contributed by atoms with Crippen molar-refractivity contribution in [1.29, 1.82) is 0 Å². The predicted molar refractivity (Wildman–Crippen MR) is 98.9 cm³/mol. The molecule has 1 aromatic rings. The molecule has 1 unspecified atom stereocenters. The van der Waals surface area contributed by atoms with Crippen LogP contribution in [0.1, 0.15) is 36.5 Å². The average Bonchev–Trinajstić information content (AvgIpc) is 2.65. The minimum absolute atomic E-state index is 0.000362. The Bertz CT molecular complexity index is 630. The standard InChI is InChI=1S/C19H27N3O4/c1-14(23)21-17-8-6-15(7-9-17)19(25)22-11-3-5-16(13-22)18(24)20-10-4-12-26-2/h6-9,16H,3-5,10-13H2,1-2H3,(H,20,24)(H,21,23). The molecule has 0 aliphatic carbocycles. The molecule has 1 aliphatic heterocycles. The highest BCUT2D eigenvalue weighted by Crippen LogP contribution is 2.20. The van der Waals surface area contributed by atoms with E-state index < -0.39 is 0 Å². The van der Waals surface area contributed by atoms with Gasteiger partial charge in [-0.3, -0.25) is 14.4 Å². The van der Waals surface area contributed by atoms with Crippen molar-refractivity contribution in [1.82, 2.24) is 10.2 Å². The van der Waals surface area contributed by atoms with Crippen LogP contribution in [0.3, 0.4) is 0 Å². The number of anilines is 1. The molecule has 1 fully saturated rings. The molecule has 2 N–H and O–H groups in total. The van der Waals surface area contributed by atoms with Gasteiger partial charge in [0.1, 0.15) is 0 Å². The highest BCUT2D eigenvalue weighted by atomic mass is 16.5. The summed E-state index contributed by atoms with van der Waals surface area (Å²) in [7, 11) is 1.63. The van der Waals surface area contributed by atoms with Crippen LogP contribution in [-0.4, -0.2) is 56.0 Å². The molecule has 1 aromatic carbocycles. The summed E-state index contributed by atoms with van der Waals surface area (Å²) >= 11 is 0. The lowest BCUT2D eigenvalue weighted by atomic mass is 9.96. The van der Waals surface area contributed by atoms with Crippen LogP contribution < -0.4 is 10.6 Å². The Morgan fingerprint density at radius 3 is 2.62 bits per heavy atom. The van der Waals surface area contributed by atoms with Gasteiger partial charge in [0.15, 0.2) is 0 Å². The monoisotopic (exact) mass is 361 g/mol. The number of methoxy groups -OCH3 is 1. The summed E-state index contributed by atoms with van der Waals surface area (Å²) in [6.07, 6.45) is 2.38. The van der Waals surface area contributed by atoms with E-state index in [9.17, 15) is 14.4 Å². The van der Waals surface area contributed by atoms with Crippen molar-refractivity contribution in [2.45, 2.75) is 26.2 Å². The molecular formula is C19H27N3O4. The second-order valence-corrected chi connectivity index (χ2v) is 6.49. The van der Waals surface area contributed by atoms with Crippen LogP contribution in [0.25, 0.3) is 0 Å². The number of carbonyl (C=O) groups excluding carboxylic acids is 3. The summed E-state index contributed by atoms with van der Waals surface area (Å²) in [6.45, 7) is 3.72. The van der Waals surface area contributed by atoms with Crippen molar-refractivity contribution in [3.63, 3.8) is 0 Å². The minimum atomic E-state index is -0.172. The summed E-state index contributed by atoms with van der Waals surface area (Å²) < 4.78 is 4.97. The summed E-state index contributed by atoms with van der Waals surface area (Å²) in [5, 5.41) is 5.59. The van der Waals surface area contributed by atoms with Crippen LogP contribution >= 0.6 is 0 Å². The first kappa shape index (κ1) is 19.9. The number of rotatable bonds is 7. The number of amides is 3. The topological polar surface area (TPSA) is 87.7 Å². The first-order chi connectivity index (χ1) is 12.5. The zero-order valence-corrected chi connectivity index (χ0v) is 15.4. The van der Waals surface area contributed by atoms with Crippen LogP contribution in [0, 0.1) is 5.92 Å². The number of benzene rings is 1. The van der Waals surface area contributed by atoms with Crippen molar-refractivity contribution >= 4 is 23.4 Å². The van der Waals surface area contributed by atoms with Gasteiger partial charge in [0.05, 0.1) is 5.92 Å². The molecule has 1 atom stereocenters. The van der Waals surface area contributed by atoms with Crippen LogP contribution in [-0.2, 0) is 14.3 Å². The van der Waals surface area contributed by atoms with Gasteiger partial charge in [0.25, 0.3) is 5.91 Å². The SMILES string of the molecule is COCCCNC(=O)C1CCCN(C(=O)c2ccc(NC(C)=O)cc2)C1. The fourth-order valence-corrected chi connectivity index (χ4v) is 3.03. The average molecular weight is 361 g/mol. The number of piperidine rings is 1. The zero-order chi connectivity index (χ0) is 18.9. The van der Waals surface area contributed by atoms with Crippen molar-refractivity contribution in [2.24, 2.45) is 5.92 Å². The lowest BCUT2D eigenvalue weighted by molar-refractivity contribution is -0.126. The Balaban J connectivity index is 1.90. The number of nitrogens with one attached hydrogen (secondary N) is 2. The second kappa shape index (κ2) is 9.91. The van der Waals surface area contributed by atoms with Crippen molar-refractivity contribution in [2.75, 3.05) is 38.7 Å². The highest BCUT2D eigenvalue weighted by Gasteiger charge is 2.28.